The fourth-order valence-electron chi connectivity index (χ4n) is 3.67. The molecule has 2 heterocycles. The van der Waals surface area contributed by atoms with Crippen molar-refractivity contribution >= 4 is 21.8 Å². The van der Waals surface area contributed by atoms with Crippen LogP contribution in [0.3, 0.4) is 0 Å². The molecule has 220 valence electrons. The second-order valence-electron chi connectivity index (χ2n) is 9.83. The van der Waals surface area contributed by atoms with Crippen molar-refractivity contribution in [2.75, 3.05) is 25.0 Å². The predicted octanol–water partition coefficient (Wildman–Crippen LogP) is 4.77. The van der Waals surface area contributed by atoms with Crippen LogP contribution in [0, 0.1) is 0 Å². The number of carbonyl (C=O) groups excluding carboxylic acids is 1. The lowest BCUT2D eigenvalue weighted by Gasteiger charge is -2.20. The third-order valence-corrected chi connectivity index (χ3v) is 7.13. The highest BCUT2D eigenvalue weighted by Gasteiger charge is 2.27. The highest BCUT2D eigenvalue weighted by Crippen LogP contribution is 2.41. The summed E-state index contributed by atoms with van der Waals surface area (Å²) in [4.78, 5) is 29.2. The summed E-state index contributed by atoms with van der Waals surface area (Å²) in [5.74, 6) is -0.875. The second-order valence-corrected chi connectivity index (χ2v) is 11.5. The number of ether oxygens (including phenoxy) is 4. The van der Waals surface area contributed by atoms with Crippen LogP contribution in [-0.4, -0.2) is 54.6 Å². The minimum absolute atomic E-state index is 0.0103. The quantitative estimate of drug-likeness (QED) is 0.239. The van der Waals surface area contributed by atoms with Gasteiger partial charge in [0.2, 0.25) is 11.6 Å². The second kappa shape index (κ2) is 12.8. The van der Waals surface area contributed by atoms with Crippen molar-refractivity contribution in [2.24, 2.45) is 0 Å². The van der Waals surface area contributed by atoms with Gasteiger partial charge < -0.3 is 18.9 Å². The normalized spacial score (nSPS) is 11.5. The standard InChI is InChI=1S/C29H31N5O7S/c1-6-39-23(35)18-40-28-24(41-22-11-8-7-10-21(22)38-5)25(32-27(33-28)26-30-16-9-17-31-26)34-42(36,37)20-14-12-19(13-15-20)29(2,3)4/h7-17H,6,18H2,1-5H3,(H,32,33,34). The summed E-state index contributed by atoms with van der Waals surface area (Å²) in [7, 11) is -2.75. The molecule has 0 spiro atoms. The van der Waals surface area contributed by atoms with Crippen molar-refractivity contribution in [3.63, 3.8) is 0 Å². The lowest BCUT2D eigenvalue weighted by Crippen LogP contribution is -2.19. The van der Waals surface area contributed by atoms with Crippen molar-refractivity contribution in [1.82, 2.24) is 19.9 Å². The molecule has 0 unspecified atom stereocenters. The fraction of sp³-hybridized carbons (Fsp3) is 0.276. The summed E-state index contributed by atoms with van der Waals surface area (Å²) in [5, 5.41) is 0. The summed E-state index contributed by atoms with van der Waals surface area (Å²) < 4.78 is 51.8. The van der Waals surface area contributed by atoms with Crippen LogP contribution in [0.25, 0.3) is 11.6 Å². The van der Waals surface area contributed by atoms with Crippen LogP contribution in [0.15, 0.2) is 71.9 Å². The summed E-state index contributed by atoms with van der Waals surface area (Å²) in [6, 6.07) is 14.8. The first-order chi connectivity index (χ1) is 20.0. The first-order valence-electron chi connectivity index (χ1n) is 12.9. The monoisotopic (exact) mass is 593 g/mol. The number of hydrogen-bond donors (Lipinski definition) is 1. The Balaban J connectivity index is 1.86. The molecule has 0 aliphatic carbocycles. The number of hydrogen-bond acceptors (Lipinski definition) is 11. The van der Waals surface area contributed by atoms with Gasteiger partial charge in [0.25, 0.3) is 15.9 Å². The van der Waals surface area contributed by atoms with Crippen LogP contribution in [-0.2, 0) is 25.0 Å². The van der Waals surface area contributed by atoms with Crippen molar-refractivity contribution in [3.05, 3.63) is 72.6 Å². The van der Waals surface area contributed by atoms with Gasteiger partial charge >= 0.3 is 5.97 Å². The molecule has 2 aromatic carbocycles. The van der Waals surface area contributed by atoms with Gasteiger partial charge in [-0.05, 0) is 48.2 Å². The smallest absolute Gasteiger partial charge is 0.344 e. The van der Waals surface area contributed by atoms with E-state index in [0.29, 0.717) is 5.75 Å². The molecule has 13 heteroatoms. The molecule has 0 aliphatic rings. The molecule has 12 nitrogen and oxygen atoms in total. The molecule has 2 aromatic heterocycles. The molecular formula is C29H31N5O7S. The highest BCUT2D eigenvalue weighted by atomic mass is 32.2. The third-order valence-electron chi connectivity index (χ3n) is 5.78. The first-order valence-corrected chi connectivity index (χ1v) is 14.4. The minimum Gasteiger partial charge on any atom is -0.493 e. The van der Waals surface area contributed by atoms with Gasteiger partial charge in [-0.1, -0.05) is 45.0 Å². The number of anilines is 1. The Labute approximate surface area is 244 Å². The average molecular weight is 594 g/mol. The van der Waals surface area contributed by atoms with Crippen molar-refractivity contribution in [3.8, 4) is 34.8 Å². The van der Waals surface area contributed by atoms with E-state index in [1.54, 1.807) is 49.4 Å². The average Bonchev–Trinajstić information content (AvgIpc) is 2.97. The number of carbonyl (C=O) groups is 1. The summed E-state index contributed by atoms with van der Waals surface area (Å²) in [6.07, 6.45) is 2.95. The zero-order chi connectivity index (χ0) is 30.3. The Morgan fingerprint density at radius 2 is 1.57 bits per heavy atom. The van der Waals surface area contributed by atoms with Crippen LogP contribution in [0.1, 0.15) is 33.3 Å². The lowest BCUT2D eigenvalue weighted by molar-refractivity contribution is -0.145. The molecule has 42 heavy (non-hydrogen) atoms. The van der Waals surface area contributed by atoms with Gasteiger partial charge in [0.05, 0.1) is 18.6 Å². The number of rotatable bonds is 11. The molecule has 4 aromatic rings. The number of esters is 1. The van der Waals surface area contributed by atoms with Crippen molar-refractivity contribution in [1.29, 1.82) is 0 Å². The SMILES string of the molecule is CCOC(=O)COc1nc(-c2ncccn2)nc(NS(=O)(=O)c2ccc(C(C)(C)C)cc2)c1Oc1ccccc1OC. The molecule has 0 fully saturated rings. The molecule has 0 aliphatic heterocycles. The summed E-state index contributed by atoms with van der Waals surface area (Å²) in [5.41, 5.74) is 0.787. The number of methoxy groups -OCH3 is 1. The third kappa shape index (κ3) is 7.29. The zero-order valence-electron chi connectivity index (χ0n) is 23.8. The molecule has 4 rings (SSSR count). The summed E-state index contributed by atoms with van der Waals surface area (Å²) in [6.45, 7) is 7.35. The predicted molar refractivity (Wildman–Crippen MR) is 154 cm³/mol. The molecule has 0 radical (unpaired) electrons. The Kier molecular flexibility index (Phi) is 9.21. The van der Waals surface area contributed by atoms with Crippen molar-refractivity contribution < 1.29 is 32.2 Å². The van der Waals surface area contributed by atoms with Gasteiger partial charge in [-0.15, -0.1) is 0 Å². The number of nitrogens with zero attached hydrogens (tertiary/aromatic N) is 4. The molecule has 0 bridgehead atoms. The maximum atomic E-state index is 13.6. The minimum atomic E-state index is -4.20. The van der Waals surface area contributed by atoms with Gasteiger partial charge in [-0.3, -0.25) is 4.72 Å². The number of sulfonamides is 1. The van der Waals surface area contributed by atoms with E-state index >= 15 is 0 Å². The fourth-order valence-corrected chi connectivity index (χ4v) is 4.67. The Morgan fingerprint density at radius 1 is 0.905 bits per heavy atom. The van der Waals surface area contributed by atoms with Crippen LogP contribution in [0.4, 0.5) is 5.82 Å². The van der Waals surface area contributed by atoms with E-state index in [2.05, 4.69) is 24.7 Å². The van der Waals surface area contributed by atoms with E-state index < -0.39 is 22.6 Å². The van der Waals surface area contributed by atoms with Gasteiger partial charge in [0, 0.05) is 12.4 Å². The van der Waals surface area contributed by atoms with Gasteiger partial charge in [0.1, 0.15) is 0 Å². The van der Waals surface area contributed by atoms with Crippen molar-refractivity contribution in [2.45, 2.75) is 38.0 Å². The topological polar surface area (TPSA) is 152 Å². The highest BCUT2D eigenvalue weighted by molar-refractivity contribution is 7.92. The maximum absolute atomic E-state index is 13.6. The molecule has 0 saturated carbocycles. The van der Waals surface area contributed by atoms with E-state index in [4.69, 9.17) is 18.9 Å². The first kappa shape index (κ1) is 30.2. The molecule has 0 amide bonds. The van der Waals surface area contributed by atoms with Crippen LogP contribution in [0.5, 0.6) is 23.1 Å². The molecule has 0 saturated heterocycles. The van der Waals surface area contributed by atoms with Crippen LogP contribution in [0.2, 0.25) is 0 Å². The van der Waals surface area contributed by atoms with Gasteiger partial charge in [0.15, 0.2) is 29.7 Å². The molecule has 0 atom stereocenters. The van der Waals surface area contributed by atoms with Crippen LogP contribution >= 0.6 is 0 Å². The molecule has 1 N–H and O–H groups in total. The van der Waals surface area contributed by atoms with Gasteiger partial charge in [-0.2, -0.15) is 4.98 Å². The van der Waals surface area contributed by atoms with E-state index in [1.165, 1.54) is 31.6 Å². The zero-order valence-corrected chi connectivity index (χ0v) is 24.6. The molecular weight excluding hydrogens is 562 g/mol. The van der Waals surface area contributed by atoms with E-state index in [1.807, 2.05) is 20.8 Å². The van der Waals surface area contributed by atoms with Crippen LogP contribution < -0.4 is 18.9 Å². The Bertz CT molecular complexity index is 1640. The largest absolute Gasteiger partial charge is 0.493 e. The Morgan fingerprint density at radius 3 is 2.19 bits per heavy atom. The van der Waals surface area contributed by atoms with E-state index in [9.17, 15) is 13.2 Å². The number of nitrogens with one attached hydrogen (secondary N) is 1. The number of benzene rings is 2. The Hall–Kier alpha value is -4.78. The lowest BCUT2D eigenvalue weighted by atomic mass is 9.87. The number of aromatic nitrogens is 4. The summed E-state index contributed by atoms with van der Waals surface area (Å²) >= 11 is 0. The number of para-hydroxylation sites is 2. The van der Waals surface area contributed by atoms with Gasteiger partial charge in [-0.25, -0.2) is 28.2 Å². The van der Waals surface area contributed by atoms with E-state index in [-0.39, 0.29) is 51.8 Å². The maximum Gasteiger partial charge on any atom is 0.344 e. The van der Waals surface area contributed by atoms with E-state index in [0.717, 1.165) is 5.56 Å².